The third-order valence-corrected chi connectivity index (χ3v) is 5.99. The molecule has 0 fully saturated rings. The Morgan fingerprint density at radius 2 is 1.69 bits per heavy atom. The van der Waals surface area contributed by atoms with Crippen LogP contribution in [-0.2, 0) is 4.79 Å². The van der Waals surface area contributed by atoms with Crippen molar-refractivity contribution in [2.24, 2.45) is 0 Å². The molecule has 0 saturated heterocycles. The number of carbonyl (C=O) groups excluding carboxylic acids is 2. The van der Waals surface area contributed by atoms with Gasteiger partial charge in [-0.05, 0) is 64.1 Å². The maximum absolute atomic E-state index is 12.9. The zero-order valence-corrected chi connectivity index (χ0v) is 20.7. The Kier molecular flexibility index (Phi) is 6.98. The molecule has 0 radical (unpaired) electrons. The first-order chi connectivity index (χ1) is 16.7. The van der Waals surface area contributed by atoms with Crippen LogP contribution in [0.2, 0.25) is 5.02 Å². The highest BCUT2D eigenvalue weighted by Gasteiger charge is 2.19. The first kappa shape index (κ1) is 24.2. The number of amides is 2. The van der Waals surface area contributed by atoms with Gasteiger partial charge in [-0.25, -0.2) is 0 Å². The summed E-state index contributed by atoms with van der Waals surface area (Å²) in [6, 6.07) is 19.7. The highest BCUT2D eigenvalue weighted by molar-refractivity contribution is 6.34. The maximum Gasteiger partial charge on any atom is 0.257 e. The smallest absolute Gasteiger partial charge is 0.257 e. The number of hydrogen-bond donors (Lipinski definition) is 2. The second kappa shape index (κ2) is 10.1. The summed E-state index contributed by atoms with van der Waals surface area (Å²) >= 11 is 6.41. The molecule has 1 atom stereocenters. The van der Waals surface area contributed by atoms with Crippen molar-refractivity contribution < 1.29 is 9.59 Å². The molecule has 0 bridgehead atoms. The summed E-state index contributed by atoms with van der Waals surface area (Å²) in [4.78, 5) is 30.2. The van der Waals surface area contributed by atoms with E-state index in [0.717, 1.165) is 22.6 Å². The van der Waals surface area contributed by atoms with E-state index in [1.807, 2.05) is 56.3 Å². The normalized spacial score (nSPS) is 11.7. The van der Waals surface area contributed by atoms with Gasteiger partial charge in [0.25, 0.3) is 5.91 Å². The Balaban J connectivity index is 1.44. The lowest BCUT2D eigenvalue weighted by Crippen LogP contribution is -2.25. The fraction of sp³-hybridized carbons (Fsp3) is 0.185. The summed E-state index contributed by atoms with van der Waals surface area (Å²) in [7, 11) is 0. The monoisotopic (exact) mass is 487 g/mol. The SMILES string of the molecule is Cc1cc(C)n(C(C)C(=O)Nc2ccc(NC(=O)c3ccc(-c4ccccc4)nc3C)cc2Cl)n1. The van der Waals surface area contributed by atoms with Gasteiger partial charge in [0.15, 0.2) is 0 Å². The van der Waals surface area contributed by atoms with Crippen molar-refractivity contribution in [1.29, 1.82) is 0 Å². The van der Waals surface area contributed by atoms with Gasteiger partial charge in [-0.2, -0.15) is 5.10 Å². The molecule has 2 N–H and O–H groups in total. The number of pyridine rings is 1. The van der Waals surface area contributed by atoms with Crippen molar-refractivity contribution in [3.8, 4) is 11.3 Å². The summed E-state index contributed by atoms with van der Waals surface area (Å²) in [5.41, 5.74) is 5.59. The van der Waals surface area contributed by atoms with E-state index in [-0.39, 0.29) is 11.8 Å². The molecule has 35 heavy (non-hydrogen) atoms. The van der Waals surface area contributed by atoms with Crippen LogP contribution in [0.1, 0.15) is 40.4 Å². The quantitative estimate of drug-likeness (QED) is 0.350. The van der Waals surface area contributed by atoms with Crippen LogP contribution in [0.15, 0.2) is 66.7 Å². The summed E-state index contributed by atoms with van der Waals surface area (Å²) in [6.07, 6.45) is 0. The van der Waals surface area contributed by atoms with Crippen LogP contribution in [0.3, 0.4) is 0 Å². The van der Waals surface area contributed by atoms with E-state index >= 15 is 0 Å². The number of aryl methyl sites for hydroxylation is 3. The van der Waals surface area contributed by atoms with Crippen LogP contribution in [0.5, 0.6) is 0 Å². The predicted molar refractivity (Wildman–Crippen MR) is 139 cm³/mol. The van der Waals surface area contributed by atoms with Crippen LogP contribution in [0.25, 0.3) is 11.3 Å². The molecule has 7 nitrogen and oxygen atoms in total. The summed E-state index contributed by atoms with van der Waals surface area (Å²) in [5.74, 6) is -0.532. The van der Waals surface area contributed by atoms with Crippen LogP contribution in [0.4, 0.5) is 11.4 Å². The van der Waals surface area contributed by atoms with Crippen molar-refractivity contribution >= 4 is 34.8 Å². The van der Waals surface area contributed by atoms with Gasteiger partial charge in [-0.3, -0.25) is 19.3 Å². The van der Waals surface area contributed by atoms with E-state index in [4.69, 9.17) is 11.6 Å². The first-order valence-electron chi connectivity index (χ1n) is 11.2. The lowest BCUT2D eigenvalue weighted by atomic mass is 10.1. The van der Waals surface area contributed by atoms with Crippen molar-refractivity contribution in [3.05, 3.63) is 94.4 Å². The lowest BCUT2D eigenvalue weighted by molar-refractivity contribution is -0.119. The molecule has 0 aliphatic heterocycles. The molecule has 1 unspecified atom stereocenters. The predicted octanol–water partition coefficient (Wildman–Crippen LogP) is 5.98. The third kappa shape index (κ3) is 5.41. The number of nitrogens with one attached hydrogen (secondary N) is 2. The van der Waals surface area contributed by atoms with E-state index < -0.39 is 6.04 Å². The zero-order valence-electron chi connectivity index (χ0n) is 20.0. The standard InChI is InChI=1S/C27H26ClN5O2/c1-16-14-17(2)33(32-16)19(4)26(34)31-25-12-10-21(15-23(25)28)30-27(35)22-11-13-24(29-18(22)3)20-8-6-5-7-9-20/h5-15,19H,1-4H3,(H,30,35)(H,31,34). The number of nitrogens with zero attached hydrogens (tertiary/aromatic N) is 3. The van der Waals surface area contributed by atoms with Gasteiger partial charge >= 0.3 is 0 Å². The molecule has 0 aliphatic carbocycles. The van der Waals surface area contributed by atoms with Gasteiger partial charge in [-0.1, -0.05) is 41.9 Å². The molecular formula is C27H26ClN5O2. The van der Waals surface area contributed by atoms with Crippen molar-refractivity contribution in [2.45, 2.75) is 33.7 Å². The van der Waals surface area contributed by atoms with Crippen LogP contribution >= 0.6 is 11.6 Å². The molecule has 8 heteroatoms. The minimum Gasteiger partial charge on any atom is -0.323 e. The molecular weight excluding hydrogens is 462 g/mol. The molecule has 178 valence electrons. The minimum absolute atomic E-state index is 0.241. The average Bonchev–Trinajstić information content (AvgIpc) is 3.18. The Bertz CT molecular complexity index is 1400. The maximum atomic E-state index is 12.9. The number of halogens is 1. The molecule has 0 aliphatic rings. The zero-order chi connectivity index (χ0) is 25.1. The number of benzene rings is 2. The molecule has 2 aromatic heterocycles. The molecule has 4 rings (SSSR count). The Labute approximate surface area is 209 Å². The third-order valence-electron chi connectivity index (χ3n) is 5.68. The van der Waals surface area contributed by atoms with Crippen LogP contribution < -0.4 is 10.6 Å². The van der Waals surface area contributed by atoms with E-state index in [1.165, 1.54) is 0 Å². The van der Waals surface area contributed by atoms with Gasteiger partial charge in [0.1, 0.15) is 6.04 Å². The minimum atomic E-state index is -0.506. The van der Waals surface area contributed by atoms with Crippen molar-refractivity contribution in [2.75, 3.05) is 10.6 Å². The topological polar surface area (TPSA) is 88.9 Å². The molecule has 0 saturated carbocycles. The van der Waals surface area contributed by atoms with Crippen molar-refractivity contribution in [3.63, 3.8) is 0 Å². The number of hydrogen-bond acceptors (Lipinski definition) is 4. The Hall–Kier alpha value is -3.97. The van der Waals surface area contributed by atoms with E-state index in [0.29, 0.717) is 27.7 Å². The van der Waals surface area contributed by atoms with E-state index in [1.54, 1.807) is 42.8 Å². The van der Waals surface area contributed by atoms with E-state index in [9.17, 15) is 9.59 Å². The Morgan fingerprint density at radius 1 is 0.943 bits per heavy atom. The highest BCUT2D eigenvalue weighted by Crippen LogP contribution is 2.27. The lowest BCUT2D eigenvalue weighted by Gasteiger charge is -2.16. The molecule has 0 spiro atoms. The van der Waals surface area contributed by atoms with Gasteiger partial charge in [0, 0.05) is 16.9 Å². The van der Waals surface area contributed by atoms with Crippen LogP contribution in [-0.4, -0.2) is 26.6 Å². The van der Waals surface area contributed by atoms with Crippen LogP contribution in [0, 0.1) is 20.8 Å². The molecule has 4 aromatic rings. The van der Waals surface area contributed by atoms with Gasteiger partial charge in [0.05, 0.1) is 33.4 Å². The largest absolute Gasteiger partial charge is 0.323 e. The van der Waals surface area contributed by atoms with Gasteiger partial charge < -0.3 is 10.6 Å². The second-order valence-electron chi connectivity index (χ2n) is 8.38. The molecule has 2 aromatic carbocycles. The van der Waals surface area contributed by atoms with Gasteiger partial charge in [-0.15, -0.1) is 0 Å². The first-order valence-corrected chi connectivity index (χ1v) is 11.6. The number of anilines is 2. The molecule has 2 amide bonds. The summed E-state index contributed by atoms with van der Waals surface area (Å²) in [5, 5.41) is 10.4. The second-order valence-corrected chi connectivity index (χ2v) is 8.79. The molecule has 2 heterocycles. The Morgan fingerprint density at radius 3 is 2.31 bits per heavy atom. The number of rotatable bonds is 6. The fourth-order valence-corrected chi connectivity index (χ4v) is 4.08. The van der Waals surface area contributed by atoms with Gasteiger partial charge in [0.2, 0.25) is 5.91 Å². The fourth-order valence-electron chi connectivity index (χ4n) is 3.85. The summed E-state index contributed by atoms with van der Waals surface area (Å²) in [6.45, 7) is 7.36. The summed E-state index contributed by atoms with van der Waals surface area (Å²) < 4.78 is 1.67. The highest BCUT2D eigenvalue weighted by atomic mass is 35.5. The number of aromatic nitrogens is 3. The van der Waals surface area contributed by atoms with E-state index in [2.05, 4.69) is 20.7 Å². The average molecular weight is 488 g/mol. The number of carbonyl (C=O) groups is 2. The van der Waals surface area contributed by atoms with Crippen molar-refractivity contribution in [1.82, 2.24) is 14.8 Å².